The Labute approximate surface area is 164 Å². The second-order valence-corrected chi connectivity index (χ2v) is 8.20. The first-order valence-corrected chi connectivity index (χ1v) is 10.5. The molecule has 2 aromatic carbocycles. The summed E-state index contributed by atoms with van der Waals surface area (Å²) in [6.07, 6.45) is 8.20. The van der Waals surface area contributed by atoms with Crippen LogP contribution in [0.15, 0.2) is 61.7 Å². The van der Waals surface area contributed by atoms with Crippen LogP contribution in [-0.2, 0) is 6.42 Å². The summed E-state index contributed by atoms with van der Waals surface area (Å²) in [6.45, 7) is 12.0. The van der Waals surface area contributed by atoms with Crippen LogP contribution < -0.4 is 0 Å². The van der Waals surface area contributed by atoms with E-state index >= 15 is 0 Å². The van der Waals surface area contributed by atoms with Crippen molar-refractivity contribution in [1.82, 2.24) is 4.90 Å². The molecule has 1 atom stereocenters. The molecule has 0 spiro atoms. The largest absolute Gasteiger partial charge is 0.303 e. The lowest BCUT2D eigenvalue weighted by Crippen LogP contribution is -2.34. The Morgan fingerprint density at radius 1 is 1.00 bits per heavy atom. The maximum absolute atomic E-state index is 4.46. The highest BCUT2D eigenvalue weighted by molar-refractivity contribution is 5.71. The zero-order valence-corrected chi connectivity index (χ0v) is 16.4. The average Bonchev–Trinajstić information content (AvgIpc) is 2.74. The summed E-state index contributed by atoms with van der Waals surface area (Å²) < 4.78 is 0. The molecule has 2 aliphatic rings. The van der Waals surface area contributed by atoms with Gasteiger partial charge in [-0.1, -0.05) is 67.8 Å². The number of hydrogen-bond donors (Lipinski definition) is 0. The van der Waals surface area contributed by atoms with Gasteiger partial charge in [0.15, 0.2) is 0 Å². The van der Waals surface area contributed by atoms with Gasteiger partial charge < -0.3 is 4.90 Å². The Balaban J connectivity index is 1.30. The molecule has 1 nitrogen and oxygen atoms in total. The highest BCUT2D eigenvalue weighted by Gasteiger charge is 2.25. The number of allylic oxidation sites excluding steroid dienone is 1. The Morgan fingerprint density at radius 3 is 2.52 bits per heavy atom. The van der Waals surface area contributed by atoms with E-state index in [1.54, 1.807) is 0 Å². The highest BCUT2D eigenvalue weighted by Crippen LogP contribution is 2.37. The van der Waals surface area contributed by atoms with Crippen molar-refractivity contribution >= 4 is 11.6 Å². The average molecular weight is 358 g/mol. The van der Waals surface area contributed by atoms with Crippen LogP contribution >= 0.6 is 0 Å². The molecular formula is C26H31N. The van der Waals surface area contributed by atoms with Crippen molar-refractivity contribution in [3.8, 4) is 0 Å². The summed E-state index contributed by atoms with van der Waals surface area (Å²) >= 11 is 0. The molecule has 1 saturated heterocycles. The van der Waals surface area contributed by atoms with Gasteiger partial charge in [-0.25, -0.2) is 0 Å². The van der Waals surface area contributed by atoms with Crippen molar-refractivity contribution < 1.29 is 0 Å². The first-order valence-electron chi connectivity index (χ1n) is 10.5. The second kappa shape index (κ2) is 8.27. The molecule has 4 rings (SSSR count). The van der Waals surface area contributed by atoms with Gasteiger partial charge in [0.05, 0.1) is 0 Å². The van der Waals surface area contributed by atoms with Gasteiger partial charge in [0.25, 0.3) is 0 Å². The number of nitrogens with zero attached hydrogens (tertiary/aromatic N) is 1. The number of fused-ring (bicyclic) bond motifs is 1. The van der Waals surface area contributed by atoms with E-state index in [-0.39, 0.29) is 0 Å². The maximum Gasteiger partial charge on any atom is -0.00129 e. The van der Waals surface area contributed by atoms with Gasteiger partial charge in [0, 0.05) is 0 Å². The van der Waals surface area contributed by atoms with E-state index in [4.69, 9.17) is 0 Å². The molecule has 1 unspecified atom stereocenters. The number of rotatable bonds is 5. The van der Waals surface area contributed by atoms with Crippen LogP contribution in [0.2, 0.25) is 0 Å². The van der Waals surface area contributed by atoms with Crippen LogP contribution in [0.3, 0.4) is 0 Å². The number of aryl methyl sites for hydroxylation is 1. The second-order valence-electron chi connectivity index (χ2n) is 8.20. The van der Waals surface area contributed by atoms with E-state index in [1.165, 1.54) is 79.6 Å². The molecule has 27 heavy (non-hydrogen) atoms. The summed E-state index contributed by atoms with van der Waals surface area (Å²) in [5, 5.41) is 0. The van der Waals surface area contributed by atoms with Crippen LogP contribution in [0.5, 0.6) is 0 Å². The molecule has 1 heteroatoms. The number of piperidine rings is 1. The van der Waals surface area contributed by atoms with Gasteiger partial charge in [-0.15, -0.1) is 0 Å². The molecule has 140 valence electrons. The number of hydrogen-bond acceptors (Lipinski definition) is 1. The predicted molar refractivity (Wildman–Crippen MR) is 117 cm³/mol. The first-order chi connectivity index (χ1) is 13.2. The Morgan fingerprint density at radius 2 is 1.78 bits per heavy atom. The minimum Gasteiger partial charge on any atom is -0.303 e. The third-order valence-electron chi connectivity index (χ3n) is 6.62. The van der Waals surface area contributed by atoms with E-state index in [0.29, 0.717) is 5.92 Å². The topological polar surface area (TPSA) is 3.24 Å². The van der Waals surface area contributed by atoms with Crippen LogP contribution in [0.25, 0.3) is 11.6 Å². The van der Waals surface area contributed by atoms with Gasteiger partial charge in [0.2, 0.25) is 0 Å². The van der Waals surface area contributed by atoms with Crippen LogP contribution in [0, 0.1) is 5.92 Å². The van der Waals surface area contributed by atoms with Gasteiger partial charge in [-0.05, 0) is 91.4 Å². The highest BCUT2D eigenvalue weighted by atomic mass is 15.1. The summed E-state index contributed by atoms with van der Waals surface area (Å²) in [7, 11) is 0. The molecule has 1 heterocycles. The Bertz CT molecular complexity index is 796. The third kappa shape index (κ3) is 4.09. The fourth-order valence-electron chi connectivity index (χ4n) is 4.86. The van der Waals surface area contributed by atoms with Crippen LogP contribution in [0.1, 0.15) is 53.9 Å². The molecule has 1 aliphatic carbocycles. The molecule has 1 aliphatic heterocycles. The van der Waals surface area contributed by atoms with Gasteiger partial charge >= 0.3 is 0 Å². The SMILES string of the molecule is C=Cc1ccc2c(c1)CCC(CCN1CCC(c3ccccc3)CC1)C2=C. The quantitative estimate of drug-likeness (QED) is 0.618. The van der Waals surface area contributed by atoms with Gasteiger partial charge in [0.1, 0.15) is 0 Å². The maximum atomic E-state index is 4.46. The standard InChI is InChI=1S/C26H31N/c1-3-21-9-12-26-20(2)22(10-11-25(26)19-21)13-16-27-17-14-24(15-18-27)23-7-5-4-6-8-23/h3-9,12,19,22,24H,1-2,10-11,13-18H2. The van der Waals surface area contributed by atoms with Crippen molar-refractivity contribution in [3.05, 3.63) is 83.9 Å². The molecule has 0 bridgehead atoms. The van der Waals surface area contributed by atoms with Gasteiger partial charge in [-0.2, -0.15) is 0 Å². The Kier molecular flexibility index (Phi) is 5.59. The molecule has 1 fully saturated rings. The zero-order chi connectivity index (χ0) is 18.6. The molecule has 0 radical (unpaired) electrons. The molecule has 0 amide bonds. The van der Waals surface area contributed by atoms with E-state index in [2.05, 4.69) is 66.6 Å². The lowest BCUT2D eigenvalue weighted by Gasteiger charge is -2.34. The number of likely N-dealkylation sites (tertiary alicyclic amines) is 1. The summed E-state index contributed by atoms with van der Waals surface area (Å²) in [6, 6.07) is 17.8. The van der Waals surface area contributed by atoms with Gasteiger partial charge in [-0.3, -0.25) is 0 Å². The third-order valence-corrected chi connectivity index (χ3v) is 6.62. The molecule has 0 N–H and O–H groups in total. The smallest absolute Gasteiger partial charge is 0.00129 e. The monoisotopic (exact) mass is 357 g/mol. The summed E-state index contributed by atoms with van der Waals surface area (Å²) in [4.78, 5) is 2.67. The summed E-state index contributed by atoms with van der Waals surface area (Å²) in [5.41, 5.74) is 6.94. The summed E-state index contributed by atoms with van der Waals surface area (Å²) in [5.74, 6) is 1.39. The van der Waals surface area contributed by atoms with Crippen molar-refractivity contribution in [2.45, 2.75) is 38.0 Å². The molecule has 0 aromatic heterocycles. The Hall–Kier alpha value is -2.12. The van der Waals surface area contributed by atoms with E-state index in [9.17, 15) is 0 Å². The van der Waals surface area contributed by atoms with E-state index in [1.807, 2.05) is 6.08 Å². The first kappa shape index (κ1) is 18.3. The molecule has 2 aromatic rings. The fourth-order valence-corrected chi connectivity index (χ4v) is 4.86. The lowest BCUT2D eigenvalue weighted by atomic mass is 9.78. The molecule has 0 saturated carbocycles. The lowest BCUT2D eigenvalue weighted by molar-refractivity contribution is 0.202. The van der Waals surface area contributed by atoms with Crippen molar-refractivity contribution in [2.24, 2.45) is 5.92 Å². The minimum atomic E-state index is 0.638. The minimum absolute atomic E-state index is 0.638. The molecular weight excluding hydrogens is 326 g/mol. The normalized spacial score (nSPS) is 21.0. The van der Waals surface area contributed by atoms with E-state index in [0.717, 1.165) is 5.92 Å². The zero-order valence-electron chi connectivity index (χ0n) is 16.4. The van der Waals surface area contributed by atoms with E-state index < -0.39 is 0 Å². The predicted octanol–water partition coefficient (Wildman–Crippen LogP) is 6.17. The van der Waals surface area contributed by atoms with Crippen molar-refractivity contribution in [2.75, 3.05) is 19.6 Å². The number of benzene rings is 2. The van der Waals surface area contributed by atoms with Crippen LogP contribution in [0.4, 0.5) is 0 Å². The van der Waals surface area contributed by atoms with Crippen molar-refractivity contribution in [3.63, 3.8) is 0 Å². The van der Waals surface area contributed by atoms with Crippen molar-refractivity contribution in [1.29, 1.82) is 0 Å². The fraction of sp³-hybridized carbons (Fsp3) is 0.385. The van der Waals surface area contributed by atoms with Crippen LogP contribution in [-0.4, -0.2) is 24.5 Å².